The zero-order valence-electron chi connectivity index (χ0n) is 12.5. The Morgan fingerprint density at radius 3 is 3.00 bits per heavy atom. The fourth-order valence-corrected chi connectivity index (χ4v) is 4.44. The smallest absolute Gasteiger partial charge is 0.246 e. The molecule has 1 N–H and O–H groups in total. The Balaban J connectivity index is 1.47. The van der Waals surface area contributed by atoms with E-state index in [0.29, 0.717) is 19.0 Å². The molecular formula is C18H21NO3. The molecule has 4 rings (SSSR count). The molecule has 4 nitrogen and oxygen atoms in total. The summed E-state index contributed by atoms with van der Waals surface area (Å²) in [5.74, 6) is 0.534. The van der Waals surface area contributed by atoms with Gasteiger partial charge >= 0.3 is 0 Å². The van der Waals surface area contributed by atoms with Crippen LogP contribution in [-0.4, -0.2) is 47.3 Å². The summed E-state index contributed by atoms with van der Waals surface area (Å²) in [7, 11) is 0. The van der Waals surface area contributed by atoms with Crippen molar-refractivity contribution in [1.29, 1.82) is 0 Å². The third kappa shape index (κ3) is 2.09. The zero-order valence-corrected chi connectivity index (χ0v) is 12.5. The van der Waals surface area contributed by atoms with Crippen LogP contribution in [0.1, 0.15) is 18.4 Å². The molecule has 3 aliphatic heterocycles. The van der Waals surface area contributed by atoms with Crippen LogP contribution in [0.15, 0.2) is 36.4 Å². The molecule has 116 valence electrons. The summed E-state index contributed by atoms with van der Waals surface area (Å²) in [5.41, 5.74) is 0.840. The van der Waals surface area contributed by atoms with Gasteiger partial charge in [0.2, 0.25) is 5.91 Å². The molecule has 1 spiro atoms. The lowest BCUT2D eigenvalue weighted by atomic mass is 9.74. The lowest BCUT2D eigenvalue weighted by Crippen LogP contribution is -2.38. The summed E-state index contributed by atoms with van der Waals surface area (Å²) >= 11 is 0. The molecule has 0 saturated carbocycles. The van der Waals surface area contributed by atoms with E-state index in [1.54, 1.807) is 6.08 Å². The van der Waals surface area contributed by atoms with Crippen LogP contribution in [0.3, 0.4) is 0 Å². The maximum absolute atomic E-state index is 12.4. The second kappa shape index (κ2) is 5.21. The molecular weight excluding hydrogens is 278 g/mol. The molecule has 1 aromatic rings. The molecule has 4 heteroatoms. The second-order valence-corrected chi connectivity index (χ2v) is 6.68. The highest BCUT2D eigenvalue weighted by molar-refractivity contribution is 5.92. The van der Waals surface area contributed by atoms with Gasteiger partial charge in [-0.2, -0.15) is 0 Å². The van der Waals surface area contributed by atoms with Gasteiger partial charge in [-0.1, -0.05) is 30.3 Å². The molecule has 3 heterocycles. The summed E-state index contributed by atoms with van der Waals surface area (Å²) in [6.07, 6.45) is 5.74. The number of carbonyl (C=O) groups excluding carboxylic acids is 1. The van der Waals surface area contributed by atoms with Gasteiger partial charge < -0.3 is 14.7 Å². The van der Waals surface area contributed by atoms with Crippen LogP contribution in [0.25, 0.3) is 6.08 Å². The van der Waals surface area contributed by atoms with Gasteiger partial charge in [0.25, 0.3) is 0 Å². The fourth-order valence-electron chi connectivity index (χ4n) is 4.44. The topological polar surface area (TPSA) is 49.8 Å². The van der Waals surface area contributed by atoms with Crippen molar-refractivity contribution in [3.63, 3.8) is 0 Å². The summed E-state index contributed by atoms with van der Waals surface area (Å²) in [6.45, 7) is 1.54. The third-order valence-electron chi connectivity index (χ3n) is 5.52. The number of likely N-dealkylation sites (tertiary alicyclic amines) is 1. The number of nitrogens with zero attached hydrogens (tertiary/aromatic N) is 1. The van der Waals surface area contributed by atoms with Gasteiger partial charge in [0.1, 0.15) is 0 Å². The number of ether oxygens (including phenoxy) is 1. The van der Waals surface area contributed by atoms with Crippen LogP contribution in [0.4, 0.5) is 0 Å². The minimum absolute atomic E-state index is 0.0383. The number of aliphatic hydroxyl groups is 1. The standard InChI is InChI=1S/C18H21NO3/c20-11-14-15-10-19(12-18(15)9-8-16(14)22-18)17(21)7-6-13-4-2-1-3-5-13/h1-7,14-16,20H,8-12H2/b7-6+/t14-,15+,16+,18+/m1/s1. The summed E-state index contributed by atoms with van der Waals surface area (Å²) in [6, 6.07) is 9.84. The molecule has 1 aromatic carbocycles. The van der Waals surface area contributed by atoms with Crippen LogP contribution in [0.2, 0.25) is 0 Å². The molecule has 1 amide bonds. The molecule has 0 radical (unpaired) electrons. The number of carbonyl (C=O) groups is 1. The maximum Gasteiger partial charge on any atom is 0.246 e. The van der Waals surface area contributed by atoms with E-state index in [1.165, 1.54) is 0 Å². The predicted octanol–water partition coefficient (Wildman–Crippen LogP) is 1.70. The van der Waals surface area contributed by atoms with Gasteiger partial charge in [-0.25, -0.2) is 0 Å². The molecule has 2 bridgehead atoms. The van der Waals surface area contributed by atoms with E-state index < -0.39 is 0 Å². The Hall–Kier alpha value is -1.65. The highest BCUT2D eigenvalue weighted by atomic mass is 16.5. The van der Waals surface area contributed by atoms with Crippen molar-refractivity contribution in [3.8, 4) is 0 Å². The Kier molecular flexibility index (Phi) is 3.31. The Labute approximate surface area is 130 Å². The number of hydrogen-bond acceptors (Lipinski definition) is 3. The van der Waals surface area contributed by atoms with Crippen molar-refractivity contribution in [3.05, 3.63) is 42.0 Å². The number of aliphatic hydroxyl groups excluding tert-OH is 1. The molecule has 0 aliphatic carbocycles. The highest BCUT2D eigenvalue weighted by Crippen LogP contribution is 2.54. The number of rotatable bonds is 3. The van der Waals surface area contributed by atoms with E-state index in [2.05, 4.69) is 0 Å². The van der Waals surface area contributed by atoms with Gasteiger partial charge in [0.15, 0.2) is 0 Å². The van der Waals surface area contributed by atoms with E-state index in [9.17, 15) is 9.90 Å². The maximum atomic E-state index is 12.4. The van der Waals surface area contributed by atoms with Crippen LogP contribution < -0.4 is 0 Å². The summed E-state index contributed by atoms with van der Waals surface area (Å²) in [5, 5.41) is 9.61. The molecule has 0 aromatic heterocycles. The first-order chi connectivity index (χ1) is 10.7. The quantitative estimate of drug-likeness (QED) is 0.864. The van der Waals surface area contributed by atoms with Crippen molar-refractivity contribution in [2.45, 2.75) is 24.5 Å². The second-order valence-electron chi connectivity index (χ2n) is 6.68. The average Bonchev–Trinajstić information content (AvgIpc) is 3.20. The zero-order chi connectivity index (χ0) is 15.2. The molecule has 0 unspecified atom stereocenters. The third-order valence-corrected chi connectivity index (χ3v) is 5.52. The summed E-state index contributed by atoms with van der Waals surface area (Å²) < 4.78 is 6.15. The van der Waals surface area contributed by atoms with Gasteiger partial charge in [-0.15, -0.1) is 0 Å². The van der Waals surface area contributed by atoms with Crippen LogP contribution >= 0.6 is 0 Å². The number of fused-ring (bicyclic) bond motifs is 1. The first kappa shape index (κ1) is 14.0. The average molecular weight is 299 g/mol. The molecule has 22 heavy (non-hydrogen) atoms. The van der Waals surface area contributed by atoms with Crippen molar-refractivity contribution in [1.82, 2.24) is 4.90 Å². The van der Waals surface area contributed by atoms with E-state index in [1.807, 2.05) is 41.3 Å². The minimum atomic E-state index is -0.186. The highest BCUT2D eigenvalue weighted by Gasteiger charge is 2.63. The van der Waals surface area contributed by atoms with Crippen molar-refractivity contribution in [2.24, 2.45) is 11.8 Å². The van der Waals surface area contributed by atoms with Crippen LogP contribution in [0, 0.1) is 11.8 Å². The Morgan fingerprint density at radius 1 is 1.41 bits per heavy atom. The molecule has 3 fully saturated rings. The largest absolute Gasteiger partial charge is 0.396 e. The van der Waals surface area contributed by atoms with E-state index in [0.717, 1.165) is 18.4 Å². The van der Waals surface area contributed by atoms with Crippen molar-refractivity contribution < 1.29 is 14.6 Å². The normalized spacial score (nSPS) is 36.2. The molecule has 4 atom stereocenters. The fraction of sp³-hybridized carbons (Fsp3) is 0.500. The number of amides is 1. The van der Waals surface area contributed by atoms with Crippen LogP contribution in [-0.2, 0) is 9.53 Å². The van der Waals surface area contributed by atoms with Crippen molar-refractivity contribution >= 4 is 12.0 Å². The van der Waals surface area contributed by atoms with Gasteiger partial charge in [-0.3, -0.25) is 4.79 Å². The monoisotopic (exact) mass is 299 g/mol. The SMILES string of the molecule is O=C(/C=C/c1ccccc1)N1C[C@H]2[C@@H](CO)[C@@H]3CC[C@@]2(C1)O3. The van der Waals surface area contributed by atoms with Crippen LogP contribution in [0.5, 0.6) is 0 Å². The number of benzene rings is 1. The van der Waals surface area contributed by atoms with Gasteiger partial charge in [0.05, 0.1) is 18.2 Å². The van der Waals surface area contributed by atoms with E-state index in [4.69, 9.17) is 4.74 Å². The van der Waals surface area contributed by atoms with Crippen molar-refractivity contribution in [2.75, 3.05) is 19.7 Å². The Bertz CT molecular complexity index is 600. The number of hydrogen-bond donors (Lipinski definition) is 1. The first-order valence-corrected chi connectivity index (χ1v) is 8.02. The van der Waals surface area contributed by atoms with Gasteiger partial charge in [-0.05, 0) is 24.5 Å². The van der Waals surface area contributed by atoms with Gasteiger partial charge in [0, 0.05) is 31.1 Å². The summed E-state index contributed by atoms with van der Waals surface area (Å²) in [4.78, 5) is 14.3. The Morgan fingerprint density at radius 2 is 2.23 bits per heavy atom. The lowest BCUT2D eigenvalue weighted by Gasteiger charge is -2.27. The first-order valence-electron chi connectivity index (χ1n) is 8.02. The van der Waals surface area contributed by atoms with E-state index in [-0.39, 0.29) is 30.1 Å². The lowest BCUT2D eigenvalue weighted by molar-refractivity contribution is -0.126. The predicted molar refractivity (Wildman–Crippen MR) is 83.0 cm³/mol. The van der Waals surface area contributed by atoms with E-state index >= 15 is 0 Å². The minimum Gasteiger partial charge on any atom is -0.396 e. The molecule has 3 aliphatic rings. The molecule has 3 saturated heterocycles.